The van der Waals surface area contributed by atoms with E-state index in [1.54, 1.807) is 0 Å². The van der Waals surface area contributed by atoms with Gasteiger partial charge in [0.05, 0.1) is 11.0 Å². The third kappa shape index (κ3) is 3.18. The van der Waals surface area contributed by atoms with E-state index in [1.807, 2.05) is 0 Å². The quantitative estimate of drug-likeness (QED) is 0.656. The first-order valence-electron chi connectivity index (χ1n) is 6.43. The van der Waals surface area contributed by atoms with Gasteiger partial charge in [-0.3, -0.25) is 10.1 Å². The molecule has 0 spiro atoms. The lowest BCUT2D eigenvalue weighted by Gasteiger charge is -2.33. The molecule has 0 radical (unpaired) electrons. The van der Waals surface area contributed by atoms with E-state index in [4.69, 9.17) is 0 Å². The molecule has 1 N–H and O–H groups in total. The minimum Gasteiger partial charge on any atom is -0.369 e. The average molecular weight is 249 g/mol. The van der Waals surface area contributed by atoms with Crippen LogP contribution in [0.4, 0.5) is 11.5 Å². The van der Waals surface area contributed by atoms with Crippen molar-refractivity contribution in [3.63, 3.8) is 0 Å². The predicted molar refractivity (Wildman–Crippen MR) is 70.6 cm³/mol. The van der Waals surface area contributed by atoms with Crippen LogP contribution in [0.1, 0.15) is 39.0 Å². The van der Waals surface area contributed by atoms with Crippen LogP contribution in [0.15, 0.2) is 18.3 Å². The molecular weight excluding hydrogens is 230 g/mol. The van der Waals surface area contributed by atoms with Gasteiger partial charge >= 0.3 is 0 Å². The van der Waals surface area contributed by atoms with E-state index in [0.29, 0.717) is 11.2 Å². The summed E-state index contributed by atoms with van der Waals surface area (Å²) in [5.74, 6) is 0.594. The number of nitrogens with one attached hydrogen (secondary N) is 1. The van der Waals surface area contributed by atoms with E-state index in [-0.39, 0.29) is 5.69 Å². The molecule has 1 aliphatic rings. The van der Waals surface area contributed by atoms with Crippen molar-refractivity contribution in [3.05, 3.63) is 28.4 Å². The summed E-state index contributed by atoms with van der Waals surface area (Å²) in [4.78, 5) is 14.4. The van der Waals surface area contributed by atoms with E-state index in [9.17, 15) is 10.1 Å². The van der Waals surface area contributed by atoms with Gasteiger partial charge in [0.2, 0.25) is 0 Å². The largest absolute Gasteiger partial charge is 0.369 e. The highest BCUT2D eigenvalue weighted by atomic mass is 16.6. The number of nitro groups is 1. The summed E-state index contributed by atoms with van der Waals surface area (Å²) < 4.78 is 0. The fourth-order valence-electron chi connectivity index (χ4n) is 2.52. The monoisotopic (exact) mass is 249 g/mol. The third-order valence-electron chi connectivity index (χ3n) is 3.71. The smallest absolute Gasteiger partial charge is 0.274 e. The molecule has 5 heteroatoms. The molecule has 0 amide bonds. The number of hydrogen-bond donors (Lipinski definition) is 1. The SMILES string of the molecule is CC1(CNc2cc([N+](=O)[O-])ccn2)CCCCC1. The Bertz CT molecular complexity index is 428. The third-order valence-corrected chi connectivity index (χ3v) is 3.71. The molecule has 2 rings (SSSR count). The molecule has 0 atom stereocenters. The standard InChI is InChI=1S/C13H19N3O2/c1-13(6-3-2-4-7-13)10-15-12-9-11(16(17)18)5-8-14-12/h5,8-9H,2-4,6-7,10H2,1H3,(H,14,15). The molecule has 1 saturated carbocycles. The highest BCUT2D eigenvalue weighted by Crippen LogP contribution is 2.35. The Kier molecular flexibility index (Phi) is 3.79. The summed E-state index contributed by atoms with van der Waals surface area (Å²) in [5.41, 5.74) is 0.381. The van der Waals surface area contributed by atoms with Crippen LogP contribution in [0, 0.1) is 15.5 Å². The first-order valence-corrected chi connectivity index (χ1v) is 6.43. The molecule has 1 heterocycles. The van der Waals surface area contributed by atoms with Crippen molar-refractivity contribution in [1.82, 2.24) is 4.98 Å². The lowest BCUT2D eigenvalue weighted by atomic mass is 9.76. The lowest BCUT2D eigenvalue weighted by Crippen LogP contribution is -2.29. The van der Waals surface area contributed by atoms with Gasteiger partial charge in [-0.05, 0) is 18.3 Å². The Morgan fingerprint density at radius 2 is 2.17 bits per heavy atom. The molecule has 0 aromatic carbocycles. The van der Waals surface area contributed by atoms with Gasteiger partial charge in [0.15, 0.2) is 0 Å². The molecule has 0 bridgehead atoms. The predicted octanol–water partition coefficient (Wildman–Crippen LogP) is 3.37. The molecular formula is C13H19N3O2. The van der Waals surface area contributed by atoms with Crippen molar-refractivity contribution in [2.24, 2.45) is 5.41 Å². The van der Waals surface area contributed by atoms with Crippen LogP contribution in [-0.2, 0) is 0 Å². The van der Waals surface area contributed by atoms with Gasteiger partial charge in [0.25, 0.3) is 5.69 Å². The fraction of sp³-hybridized carbons (Fsp3) is 0.615. The second-order valence-electron chi connectivity index (χ2n) is 5.38. The molecule has 0 unspecified atom stereocenters. The number of aromatic nitrogens is 1. The van der Waals surface area contributed by atoms with Crippen molar-refractivity contribution in [3.8, 4) is 0 Å². The second kappa shape index (κ2) is 5.33. The molecule has 98 valence electrons. The highest BCUT2D eigenvalue weighted by Gasteiger charge is 2.26. The van der Waals surface area contributed by atoms with E-state index in [2.05, 4.69) is 17.2 Å². The Morgan fingerprint density at radius 1 is 1.44 bits per heavy atom. The second-order valence-corrected chi connectivity index (χ2v) is 5.38. The van der Waals surface area contributed by atoms with E-state index in [0.717, 1.165) is 6.54 Å². The zero-order chi connectivity index (χ0) is 13.0. The Balaban J connectivity index is 1.97. The van der Waals surface area contributed by atoms with Crippen molar-refractivity contribution in [2.75, 3.05) is 11.9 Å². The first-order chi connectivity index (χ1) is 8.59. The van der Waals surface area contributed by atoms with Gasteiger partial charge in [-0.1, -0.05) is 26.2 Å². The van der Waals surface area contributed by atoms with E-state index >= 15 is 0 Å². The van der Waals surface area contributed by atoms with Crippen LogP contribution >= 0.6 is 0 Å². The molecule has 1 fully saturated rings. The summed E-state index contributed by atoms with van der Waals surface area (Å²) in [6.07, 6.45) is 7.79. The zero-order valence-corrected chi connectivity index (χ0v) is 10.7. The maximum Gasteiger partial charge on any atom is 0.274 e. The maximum atomic E-state index is 10.7. The van der Waals surface area contributed by atoms with Crippen LogP contribution < -0.4 is 5.32 Å². The van der Waals surface area contributed by atoms with Crippen LogP contribution in [0.2, 0.25) is 0 Å². The highest BCUT2D eigenvalue weighted by molar-refractivity contribution is 5.44. The molecule has 1 aliphatic carbocycles. The van der Waals surface area contributed by atoms with Gasteiger partial charge in [0.1, 0.15) is 5.82 Å². The topological polar surface area (TPSA) is 68.1 Å². The van der Waals surface area contributed by atoms with Crippen molar-refractivity contribution in [2.45, 2.75) is 39.0 Å². The number of hydrogen-bond acceptors (Lipinski definition) is 4. The number of pyridine rings is 1. The van der Waals surface area contributed by atoms with Crippen LogP contribution in [-0.4, -0.2) is 16.5 Å². The van der Waals surface area contributed by atoms with Gasteiger partial charge in [0, 0.05) is 18.8 Å². The fourth-order valence-corrected chi connectivity index (χ4v) is 2.52. The lowest BCUT2D eigenvalue weighted by molar-refractivity contribution is -0.384. The van der Waals surface area contributed by atoms with Crippen LogP contribution in [0.5, 0.6) is 0 Å². The summed E-state index contributed by atoms with van der Waals surface area (Å²) in [6, 6.07) is 2.90. The average Bonchev–Trinajstić information content (AvgIpc) is 2.38. The van der Waals surface area contributed by atoms with Crippen molar-refractivity contribution < 1.29 is 4.92 Å². The summed E-state index contributed by atoms with van der Waals surface area (Å²) in [7, 11) is 0. The van der Waals surface area contributed by atoms with E-state index in [1.165, 1.54) is 50.4 Å². The number of anilines is 1. The molecule has 1 aromatic heterocycles. The summed E-state index contributed by atoms with van der Waals surface area (Å²) in [5, 5.41) is 13.9. The molecule has 1 aromatic rings. The van der Waals surface area contributed by atoms with Gasteiger partial charge in [-0.2, -0.15) is 0 Å². The van der Waals surface area contributed by atoms with E-state index < -0.39 is 4.92 Å². The summed E-state index contributed by atoms with van der Waals surface area (Å²) in [6.45, 7) is 3.11. The Labute approximate surface area is 107 Å². The first kappa shape index (κ1) is 12.8. The summed E-state index contributed by atoms with van der Waals surface area (Å²) >= 11 is 0. The zero-order valence-electron chi connectivity index (χ0n) is 10.7. The maximum absolute atomic E-state index is 10.7. The molecule has 0 saturated heterocycles. The molecule has 0 aliphatic heterocycles. The van der Waals surface area contributed by atoms with Crippen molar-refractivity contribution in [1.29, 1.82) is 0 Å². The van der Waals surface area contributed by atoms with Gasteiger partial charge < -0.3 is 5.32 Å². The van der Waals surface area contributed by atoms with Crippen LogP contribution in [0.25, 0.3) is 0 Å². The number of rotatable bonds is 4. The van der Waals surface area contributed by atoms with Crippen LogP contribution in [0.3, 0.4) is 0 Å². The number of nitrogens with zero attached hydrogens (tertiary/aromatic N) is 2. The molecule has 5 nitrogen and oxygen atoms in total. The Hall–Kier alpha value is -1.65. The van der Waals surface area contributed by atoms with Gasteiger partial charge in [-0.15, -0.1) is 0 Å². The molecule has 18 heavy (non-hydrogen) atoms. The van der Waals surface area contributed by atoms with Crippen molar-refractivity contribution >= 4 is 11.5 Å². The normalized spacial score (nSPS) is 18.3. The minimum atomic E-state index is -0.394. The van der Waals surface area contributed by atoms with Gasteiger partial charge in [-0.25, -0.2) is 4.98 Å². The Morgan fingerprint density at radius 3 is 2.83 bits per heavy atom. The minimum absolute atomic E-state index is 0.0845.